The van der Waals surface area contributed by atoms with Crippen LogP contribution in [0.15, 0.2) is 91.0 Å². The van der Waals surface area contributed by atoms with Gasteiger partial charge in [0.2, 0.25) is 0 Å². The molecule has 7 heteroatoms. The molecular formula is C37H56N4O3. The van der Waals surface area contributed by atoms with Gasteiger partial charge in [-0.05, 0) is 74.9 Å². The van der Waals surface area contributed by atoms with E-state index in [2.05, 4.69) is 45.1 Å². The number of hydrogen-bond donors (Lipinski definition) is 3. The standard InChI is InChI=1S/C31H38N4O3.3C2H6/c1-24(38-31(37)34-28-16-9-4-10-17-28)29-23-26(22-25-12-5-2-6-13-25)18-21-35(29)20-11-19-32-30(36)33-27-14-7-3-8-15-27;3*1-2/h2-10,12-17,24,26,29H,11,18-23H2,1H3,(H,34,37)(H2,32,33,36);3*1-2H3/t24-,26+,29+;;;/m0.../s1. The van der Waals surface area contributed by atoms with Crippen molar-refractivity contribution >= 4 is 23.5 Å². The number of nitrogens with zero attached hydrogens (tertiary/aromatic N) is 1. The second-order valence-electron chi connectivity index (χ2n) is 9.89. The van der Waals surface area contributed by atoms with Crippen LogP contribution in [0.2, 0.25) is 0 Å². The maximum atomic E-state index is 12.6. The maximum absolute atomic E-state index is 12.6. The molecule has 0 spiro atoms. The number of amides is 3. The predicted molar refractivity (Wildman–Crippen MR) is 186 cm³/mol. The lowest BCUT2D eigenvalue weighted by atomic mass is 9.84. The molecule has 44 heavy (non-hydrogen) atoms. The van der Waals surface area contributed by atoms with Crippen LogP contribution in [0.4, 0.5) is 21.0 Å². The van der Waals surface area contributed by atoms with Crippen LogP contribution in [0.1, 0.15) is 73.3 Å². The molecule has 3 amide bonds. The molecule has 1 aliphatic heterocycles. The van der Waals surface area contributed by atoms with Crippen molar-refractivity contribution in [1.82, 2.24) is 10.2 Å². The van der Waals surface area contributed by atoms with Crippen molar-refractivity contribution in [2.45, 2.75) is 86.3 Å². The fourth-order valence-corrected chi connectivity index (χ4v) is 5.12. The van der Waals surface area contributed by atoms with Gasteiger partial charge >= 0.3 is 12.1 Å². The van der Waals surface area contributed by atoms with Gasteiger partial charge < -0.3 is 15.4 Å². The zero-order valence-electron chi connectivity index (χ0n) is 28.0. The molecule has 3 aromatic carbocycles. The number of hydrogen-bond acceptors (Lipinski definition) is 4. The van der Waals surface area contributed by atoms with Crippen LogP contribution in [0, 0.1) is 5.92 Å². The summed E-state index contributed by atoms with van der Waals surface area (Å²) in [5.41, 5.74) is 2.83. The number of rotatable bonds is 10. The molecule has 0 bridgehead atoms. The minimum absolute atomic E-state index is 0.108. The molecule has 3 atom stereocenters. The minimum Gasteiger partial charge on any atom is -0.445 e. The van der Waals surface area contributed by atoms with Gasteiger partial charge in [-0.2, -0.15) is 0 Å². The molecule has 1 fully saturated rings. The van der Waals surface area contributed by atoms with Gasteiger partial charge in [-0.1, -0.05) is 108 Å². The highest BCUT2D eigenvalue weighted by Gasteiger charge is 2.33. The third-order valence-corrected chi connectivity index (χ3v) is 7.03. The molecule has 1 heterocycles. The Hall–Kier alpha value is -3.84. The molecule has 1 saturated heterocycles. The summed E-state index contributed by atoms with van der Waals surface area (Å²) in [5, 5.41) is 8.62. The van der Waals surface area contributed by atoms with Gasteiger partial charge in [-0.25, -0.2) is 9.59 Å². The van der Waals surface area contributed by atoms with E-state index in [9.17, 15) is 9.59 Å². The van der Waals surface area contributed by atoms with Gasteiger partial charge in [0.05, 0.1) is 0 Å². The number of carbonyl (C=O) groups is 2. The SMILES string of the molecule is CC.CC.CC.C[C@H](OC(=O)Nc1ccccc1)[C@H]1C[C@@H](Cc2ccccc2)CCN1CCCNC(=O)Nc1ccccc1. The van der Waals surface area contributed by atoms with E-state index in [4.69, 9.17) is 4.74 Å². The molecule has 0 aromatic heterocycles. The second-order valence-corrected chi connectivity index (χ2v) is 9.89. The van der Waals surface area contributed by atoms with Gasteiger partial charge in [-0.15, -0.1) is 0 Å². The average Bonchev–Trinajstić information content (AvgIpc) is 3.07. The second kappa shape index (κ2) is 23.6. The van der Waals surface area contributed by atoms with Crippen LogP contribution in [0.25, 0.3) is 0 Å². The van der Waals surface area contributed by atoms with Gasteiger partial charge in [0, 0.05) is 30.5 Å². The molecule has 1 aliphatic rings. The quantitative estimate of drug-likeness (QED) is 0.202. The van der Waals surface area contributed by atoms with Crippen molar-refractivity contribution < 1.29 is 14.3 Å². The van der Waals surface area contributed by atoms with E-state index < -0.39 is 6.09 Å². The van der Waals surface area contributed by atoms with Gasteiger partial charge in [0.1, 0.15) is 6.10 Å². The van der Waals surface area contributed by atoms with E-state index in [0.717, 1.165) is 44.5 Å². The molecule has 3 N–H and O–H groups in total. The molecule has 0 aliphatic carbocycles. The van der Waals surface area contributed by atoms with Crippen LogP contribution >= 0.6 is 0 Å². The van der Waals surface area contributed by atoms with Crippen molar-refractivity contribution in [2.75, 3.05) is 30.3 Å². The van der Waals surface area contributed by atoms with E-state index >= 15 is 0 Å². The Morgan fingerprint density at radius 1 is 0.795 bits per heavy atom. The molecule has 7 nitrogen and oxygen atoms in total. The first-order chi connectivity index (χ1) is 21.6. The number of anilines is 2. The fraction of sp³-hybridized carbons (Fsp3) is 0.459. The first kappa shape index (κ1) is 38.2. The summed E-state index contributed by atoms with van der Waals surface area (Å²) in [4.78, 5) is 27.3. The summed E-state index contributed by atoms with van der Waals surface area (Å²) in [6.07, 6.45) is 3.17. The monoisotopic (exact) mass is 604 g/mol. The summed E-state index contributed by atoms with van der Waals surface area (Å²) < 4.78 is 5.86. The maximum Gasteiger partial charge on any atom is 0.411 e. The Kier molecular flexibility index (Phi) is 20.5. The molecular weight excluding hydrogens is 548 g/mol. The molecule has 242 valence electrons. The van der Waals surface area contributed by atoms with Crippen molar-refractivity contribution in [3.63, 3.8) is 0 Å². The summed E-state index contributed by atoms with van der Waals surface area (Å²) in [7, 11) is 0. The van der Waals surface area contributed by atoms with E-state index in [1.54, 1.807) is 0 Å². The van der Waals surface area contributed by atoms with E-state index in [1.165, 1.54) is 5.56 Å². The summed E-state index contributed by atoms with van der Waals surface area (Å²) in [6.45, 7) is 16.3. The van der Waals surface area contributed by atoms with Crippen LogP contribution < -0.4 is 16.0 Å². The van der Waals surface area contributed by atoms with Crippen LogP contribution in [-0.2, 0) is 11.2 Å². The molecule has 4 rings (SSSR count). The van der Waals surface area contributed by atoms with E-state index in [-0.39, 0.29) is 18.2 Å². The first-order valence-corrected chi connectivity index (χ1v) is 16.5. The number of benzene rings is 3. The molecule has 0 radical (unpaired) electrons. The summed E-state index contributed by atoms with van der Waals surface area (Å²) in [6, 6.07) is 29.3. The fourth-order valence-electron chi connectivity index (χ4n) is 5.12. The van der Waals surface area contributed by atoms with Crippen molar-refractivity contribution in [3.05, 3.63) is 96.6 Å². The Bertz CT molecular complexity index is 1130. The van der Waals surface area contributed by atoms with Crippen LogP contribution in [-0.4, -0.2) is 48.8 Å². The number of likely N-dealkylation sites (tertiary alicyclic amines) is 1. The van der Waals surface area contributed by atoms with Gasteiger partial charge in [-0.3, -0.25) is 10.2 Å². The number of carbonyl (C=O) groups excluding carboxylic acids is 2. The number of piperidine rings is 1. The third-order valence-electron chi connectivity index (χ3n) is 7.03. The normalized spacial score (nSPS) is 16.2. The first-order valence-electron chi connectivity index (χ1n) is 16.5. The Morgan fingerprint density at radius 2 is 1.32 bits per heavy atom. The van der Waals surface area contributed by atoms with Gasteiger partial charge in [0.25, 0.3) is 0 Å². The zero-order valence-corrected chi connectivity index (χ0v) is 28.0. The zero-order chi connectivity index (χ0) is 32.6. The van der Waals surface area contributed by atoms with Crippen molar-refractivity contribution in [3.8, 4) is 0 Å². The Balaban J connectivity index is 0.00000152. The van der Waals surface area contributed by atoms with E-state index in [0.29, 0.717) is 18.2 Å². The lowest BCUT2D eigenvalue weighted by Crippen LogP contribution is -2.50. The third kappa shape index (κ3) is 14.6. The Morgan fingerprint density at radius 3 is 1.89 bits per heavy atom. The molecule has 0 saturated carbocycles. The van der Waals surface area contributed by atoms with Gasteiger partial charge in [0.15, 0.2) is 0 Å². The number of para-hydroxylation sites is 2. The minimum atomic E-state index is -0.437. The Labute approximate surface area is 266 Å². The lowest BCUT2D eigenvalue weighted by Gasteiger charge is -2.42. The highest BCUT2D eigenvalue weighted by Crippen LogP contribution is 2.29. The summed E-state index contributed by atoms with van der Waals surface area (Å²) in [5.74, 6) is 0.525. The number of nitrogens with one attached hydrogen (secondary N) is 3. The molecule has 0 unspecified atom stereocenters. The topological polar surface area (TPSA) is 82.7 Å². The van der Waals surface area contributed by atoms with Crippen molar-refractivity contribution in [2.24, 2.45) is 5.92 Å². The van der Waals surface area contributed by atoms with E-state index in [1.807, 2.05) is 115 Å². The lowest BCUT2D eigenvalue weighted by molar-refractivity contribution is 0.00893. The number of ether oxygens (including phenoxy) is 1. The number of urea groups is 1. The predicted octanol–water partition coefficient (Wildman–Crippen LogP) is 9.24. The van der Waals surface area contributed by atoms with Crippen molar-refractivity contribution in [1.29, 1.82) is 0 Å². The smallest absolute Gasteiger partial charge is 0.411 e. The molecule has 3 aromatic rings. The largest absolute Gasteiger partial charge is 0.445 e. The average molecular weight is 605 g/mol. The highest BCUT2D eigenvalue weighted by molar-refractivity contribution is 5.89. The highest BCUT2D eigenvalue weighted by atomic mass is 16.6. The van der Waals surface area contributed by atoms with Crippen LogP contribution in [0.3, 0.4) is 0 Å². The summed E-state index contributed by atoms with van der Waals surface area (Å²) >= 11 is 0. The van der Waals surface area contributed by atoms with Crippen LogP contribution in [0.5, 0.6) is 0 Å².